The molecule has 1 saturated carbocycles. The maximum Gasteiger partial charge on any atom is 0.253 e. The summed E-state index contributed by atoms with van der Waals surface area (Å²) in [5, 5.41) is 5.05. The summed E-state index contributed by atoms with van der Waals surface area (Å²) in [7, 11) is 0. The van der Waals surface area contributed by atoms with E-state index < -0.39 is 0 Å². The van der Waals surface area contributed by atoms with Crippen LogP contribution in [-0.4, -0.2) is 34.5 Å². The molecule has 22 heavy (non-hydrogen) atoms. The van der Waals surface area contributed by atoms with Crippen LogP contribution in [-0.2, 0) is 16.1 Å². The average Bonchev–Trinajstić information content (AvgIpc) is 3.01. The van der Waals surface area contributed by atoms with Gasteiger partial charge in [0.05, 0.1) is 18.6 Å². The highest BCUT2D eigenvalue weighted by molar-refractivity contribution is 5.83. The molecule has 0 aromatic carbocycles. The van der Waals surface area contributed by atoms with Crippen molar-refractivity contribution in [3.05, 3.63) is 28.4 Å². The fraction of sp³-hybridized carbons (Fsp3) is 0.600. The molecule has 0 radical (unpaired) electrons. The maximum atomic E-state index is 12.0. The van der Waals surface area contributed by atoms with Crippen molar-refractivity contribution < 1.29 is 9.59 Å². The van der Waals surface area contributed by atoms with Crippen molar-refractivity contribution in [2.45, 2.75) is 45.1 Å². The van der Waals surface area contributed by atoms with Gasteiger partial charge >= 0.3 is 0 Å². The van der Waals surface area contributed by atoms with Crippen LogP contribution < -0.4 is 16.2 Å². The molecule has 0 aliphatic heterocycles. The zero-order chi connectivity index (χ0) is 15.9. The Bertz CT molecular complexity index is 591. The first kappa shape index (κ1) is 16.2. The van der Waals surface area contributed by atoms with Gasteiger partial charge in [-0.1, -0.05) is 12.8 Å². The molecule has 0 unspecified atom stereocenters. The lowest BCUT2D eigenvalue weighted by Gasteiger charge is -2.11. The fourth-order valence-corrected chi connectivity index (χ4v) is 2.64. The molecular weight excluding hydrogens is 284 g/mol. The Labute approximate surface area is 129 Å². The molecular formula is C15H22N4O3. The molecule has 0 saturated heterocycles. The Hall–Kier alpha value is -2.18. The number of nitrogens with zero attached hydrogens (tertiary/aromatic N) is 2. The first-order chi connectivity index (χ1) is 10.6. The first-order valence-corrected chi connectivity index (χ1v) is 7.64. The number of carbonyl (C=O) groups is 2. The predicted molar refractivity (Wildman–Crippen MR) is 81.4 cm³/mol. The van der Waals surface area contributed by atoms with Crippen LogP contribution in [0.2, 0.25) is 0 Å². The van der Waals surface area contributed by atoms with Crippen molar-refractivity contribution in [1.29, 1.82) is 0 Å². The minimum absolute atomic E-state index is 0.0525. The van der Waals surface area contributed by atoms with Crippen LogP contribution in [0, 0.1) is 0 Å². The molecule has 0 atom stereocenters. The molecule has 2 N–H and O–H groups in total. The summed E-state index contributed by atoms with van der Waals surface area (Å²) >= 11 is 0. The first-order valence-electron chi connectivity index (χ1n) is 7.64. The maximum absolute atomic E-state index is 12.0. The summed E-state index contributed by atoms with van der Waals surface area (Å²) in [6.07, 6.45) is 6.17. The lowest BCUT2D eigenvalue weighted by molar-refractivity contribution is -0.125. The van der Waals surface area contributed by atoms with E-state index in [-0.39, 0.29) is 23.9 Å². The smallest absolute Gasteiger partial charge is 0.253 e. The number of aromatic nitrogens is 2. The van der Waals surface area contributed by atoms with Crippen molar-refractivity contribution in [2.75, 3.05) is 13.1 Å². The molecule has 2 amide bonds. The number of amides is 2. The van der Waals surface area contributed by atoms with Crippen LogP contribution in [0.4, 0.5) is 0 Å². The molecule has 0 spiro atoms. The number of hydrogen-bond donors (Lipinski definition) is 2. The molecule has 1 aliphatic rings. The Kier molecular flexibility index (Phi) is 5.68. The van der Waals surface area contributed by atoms with Gasteiger partial charge in [-0.05, 0) is 12.8 Å². The minimum atomic E-state index is -0.279. The Balaban J connectivity index is 1.81. The molecule has 120 valence electrons. The molecule has 1 aliphatic carbocycles. The van der Waals surface area contributed by atoms with Crippen LogP contribution in [0.1, 0.15) is 44.2 Å². The minimum Gasteiger partial charge on any atom is -0.353 e. The van der Waals surface area contributed by atoms with Crippen LogP contribution in [0.25, 0.3) is 0 Å². The monoisotopic (exact) mass is 306 g/mol. The van der Waals surface area contributed by atoms with E-state index in [1.165, 1.54) is 24.3 Å². The van der Waals surface area contributed by atoms with Crippen LogP contribution in [0.15, 0.2) is 17.2 Å². The third-order valence-corrected chi connectivity index (χ3v) is 3.85. The van der Waals surface area contributed by atoms with Crippen molar-refractivity contribution in [3.63, 3.8) is 0 Å². The second-order valence-corrected chi connectivity index (χ2v) is 5.59. The van der Waals surface area contributed by atoms with Gasteiger partial charge in [0.1, 0.15) is 0 Å². The Morgan fingerprint density at radius 2 is 2.05 bits per heavy atom. The van der Waals surface area contributed by atoms with Gasteiger partial charge in [-0.2, -0.15) is 0 Å². The largest absolute Gasteiger partial charge is 0.353 e. The predicted octanol–water partition coefficient (Wildman–Crippen LogP) is 0.153. The zero-order valence-electron chi connectivity index (χ0n) is 12.8. The molecule has 1 aromatic rings. The topological polar surface area (TPSA) is 93.1 Å². The van der Waals surface area contributed by atoms with Crippen LogP contribution >= 0.6 is 0 Å². The summed E-state index contributed by atoms with van der Waals surface area (Å²) in [6.45, 7) is 1.99. The molecule has 7 nitrogen and oxygen atoms in total. The van der Waals surface area contributed by atoms with Gasteiger partial charge in [-0.15, -0.1) is 0 Å². The van der Waals surface area contributed by atoms with Crippen molar-refractivity contribution in [2.24, 2.45) is 0 Å². The van der Waals surface area contributed by atoms with E-state index in [1.54, 1.807) is 12.4 Å². The summed E-state index contributed by atoms with van der Waals surface area (Å²) in [4.78, 5) is 38.5. The van der Waals surface area contributed by atoms with E-state index >= 15 is 0 Å². The van der Waals surface area contributed by atoms with Gasteiger partial charge in [-0.3, -0.25) is 19.0 Å². The van der Waals surface area contributed by atoms with Gasteiger partial charge < -0.3 is 10.6 Å². The van der Waals surface area contributed by atoms with Crippen LogP contribution in [0.5, 0.6) is 0 Å². The Morgan fingerprint density at radius 1 is 1.32 bits per heavy atom. The quantitative estimate of drug-likeness (QED) is 0.782. The van der Waals surface area contributed by atoms with Gasteiger partial charge in [0.25, 0.3) is 5.56 Å². The molecule has 1 heterocycles. The Morgan fingerprint density at radius 3 is 2.68 bits per heavy atom. The standard InChI is InChI=1S/C15H22N4O3/c1-11(20)17-9-14(21)16-6-7-19-10-18-13(8-15(19)22)12-4-2-3-5-12/h8,10,12H,2-7,9H2,1H3,(H,16,21)(H,17,20). The molecule has 2 rings (SSSR count). The molecule has 1 aromatic heterocycles. The van der Waals surface area contributed by atoms with E-state index in [2.05, 4.69) is 15.6 Å². The molecule has 0 bridgehead atoms. The van der Waals surface area contributed by atoms with E-state index in [1.807, 2.05) is 0 Å². The van der Waals surface area contributed by atoms with Crippen molar-refractivity contribution >= 4 is 11.8 Å². The third-order valence-electron chi connectivity index (χ3n) is 3.85. The number of carbonyl (C=O) groups excluding carboxylic acids is 2. The van der Waals surface area contributed by atoms with Gasteiger partial charge in [-0.25, -0.2) is 4.98 Å². The zero-order valence-corrected chi connectivity index (χ0v) is 12.8. The highest BCUT2D eigenvalue weighted by Gasteiger charge is 2.18. The van der Waals surface area contributed by atoms with Crippen molar-refractivity contribution in [1.82, 2.24) is 20.2 Å². The molecule has 7 heteroatoms. The van der Waals surface area contributed by atoms with E-state index in [0.717, 1.165) is 18.5 Å². The van der Waals surface area contributed by atoms with E-state index in [4.69, 9.17) is 0 Å². The second kappa shape index (κ2) is 7.72. The lowest BCUT2D eigenvalue weighted by atomic mass is 10.0. The van der Waals surface area contributed by atoms with Crippen molar-refractivity contribution in [3.8, 4) is 0 Å². The van der Waals surface area contributed by atoms with Gasteiger partial charge in [0.15, 0.2) is 0 Å². The number of nitrogens with one attached hydrogen (secondary N) is 2. The second-order valence-electron chi connectivity index (χ2n) is 5.59. The summed E-state index contributed by atoms with van der Waals surface area (Å²) in [6, 6.07) is 1.61. The summed E-state index contributed by atoms with van der Waals surface area (Å²) in [5.41, 5.74) is 0.793. The fourth-order valence-electron chi connectivity index (χ4n) is 2.64. The lowest BCUT2D eigenvalue weighted by Crippen LogP contribution is -2.38. The third kappa shape index (κ3) is 4.68. The SMILES string of the molecule is CC(=O)NCC(=O)NCCn1cnc(C2CCCC2)cc1=O. The van der Waals surface area contributed by atoms with Crippen LogP contribution in [0.3, 0.4) is 0 Å². The van der Waals surface area contributed by atoms with E-state index in [0.29, 0.717) is 19.0 Å². The molecule has 1 fully saturated rings. The van der Waals surface area contributed by atoms with E-state index in [9.17, 15) is 14.4 Å². The summed E-state index contributed by atoms with van der Waals surface area (Å²) in [5.74, 6) is -0.114. The highest BCUT2D eigenvalue weighted by Crippen LogP contribution is 2.32. The number of hydrogen-bond acceptors (Lipinski definition) is 4. The summed E-state index contributed by atoms with van der Waals surface area (Å²) < 4.78 is 1.48. The average molecular weight is 306 g/mol. The highest BCUT2D eigenvalue weighted by atomic mass is 16.2. The van der Waals surface area contributed by atoms with Gasteiger partial charge in [0, 0.05) is 32.0 Å². The normalized spacial score (nSPS) is 14.8. The van der Waals surface area contributed by atoms with Gasteiger partial charge in [0.2, 0.25) is 11.8 Å². The number of rotatable bonds is 6.